The zero-order valence-electron chi connectivity index (χ0n) is 14.0. The number of piperidine rings is 1. The molecule has 0 radical (unpaired) electrons. The molecule has 6 heteroatoms. The maximum absolute atomic E-state index is 11.8. The van der Waals surface area contributed by atoms with E-state index >= 15 is 0 Å². The van der Waals surface area contributed by atoms with Crippen LogP contribution in [0.15, 0.2) is 17.1 Å². The van der Waals surface area contributed by atoms with Crippen LogP contribution in [0.25, 0.3) is 0 Å². The quantitative estimate of drug-likeness (QED) is 0.868. The van der Waals surface area contributed by atoms with Gasteiger partial charge in [-0.05, 0) is 32.2 Å². The van der Waals surface area contributed by atoms with Crippen LogP contribution in [-0.4, -0.2) is 38.2 Å². The zero-order valence-corrected chi connectivity index (χ0v) is 14.0. The first-order valence-electron chi connectivity index (χ1n) is 8.22. The van der Waals surface area contributed by atoms with Crippen molar-refractivity contribution >= 4 is 5.97 Å². The third-order valence-corrected chi connectivity index (χ3v) is 4.63. The number of aromatic nitrogens is 1. The van der Waals surface area contributed by atoms with Crippen molar-refractivity contribution in [1.29, 1.82) is 0 Å². The molecule has 0 amide bonds. The molecular formula is C17H26N2O4. The molecule has 1 aromatic rings. The largest absolute Gasteiger partial charge is 0.503 e. The van der Waals surface area contributed by atoms with Gasteiger partial charge < -0.3 is 14.8 Å². The number of rotatable bonds is 5. The first kappa shape index (κ1) is 17.5. The summed E-state index contributed by atoms with van der Waals surface area (Å²) in [6, 6.07) is 0.967. The molecule has 2 unspecified atom stereocenters. The van der Waals surface area contributed by atoms with Crippen LogP contribution in [0.4, 0.5) is 0 Å². The number of hydrogen-bond donors (Lipinski definition) is 2. The molecule has 1 fully saturated rings. The Morgan fingerprint density at radius 2 is 2.09 bits per heavy atom. The fourth-order valence-corrected chi connectivity index (χ4v) is 3.29. The van der Waals surface area contributed by atoms with Crippen molar-refractivity contribution in [3.05, 3.63) is 28.2 Å². The van der Waals surface area contributed by atoms with E-state index in [-0.39, 0.29) is 5.92 Å². The Balaban J connectivity index is 2.42. The summed E-state index contributed by atoms with van der Waals surface area (Å²) >= 11 is 0. The van der Waals surface area contributed by atoms with Crippen LogP contribution in [0.5, 0.6) is 5.75 Å². The van der Waals surface area contributed by atoms with Crippen LogP contribution in [0.2, 0.25) is 0 Å². The second-order valence-electron chi connectivity index (χ2n) is 6.76. The summed E-state index contributed by atoms with van der Waals surface area (Å²) in [6.45, 7) is 7.25. The van der Waals surface area contributed by atoms with Crippen LogP contribution in [0.1, 0.15) is 51.8 Å². The van der Waals surface area contributed by atoms with Gasteiger partial charge >= 0.3 is 5.97 Å². The van der Waals surface area contributed by atoms with Crippen molar-refractivity contribution in [3.63, 3.8) is 0 Å². The van der Waals surface area contributed by atoms with E-state index in [4.69, 9.17) is 0 Å². The van der Waals surface area contributed by atoms with Crippen LogP contribution in [0, 0.1) is 5.92 Å². The molecule has 128 valence electrons. The fraction of sp³-hybridized carbons (Fsp3) is 0.647. The lowest BCUT2D eigenvalue weighted by Gasteiger charge is -2.34. The average Bonchev–Trinajstić information content (AvgIpc) is 2.45. The van der Waals surface area contributed by atoms with E-state index in [0.29, 0.717) is 18.3 Å². The van der Waals surface area contributed by atoms with E-state index in [0.717, 1.165) is 19.4 Å². The number of aliphatic carboxylic acids is 1. The summed E-state index contributed by atoms with van der Waals surface area (Å²) in [4.78, 5) is 25.8. The summed E-state index contributed by atoms with van der Waals surface area (Å²) < 4.78 is 1.55. The van der Waals surface area contributed by atoms with Gasteiger partial charge in [0.25, 0.3) is 0 Å². The van der Waals surface area contributed by atoms with Crippen molar-refractivity contribution in [3.8, 4) is 5.75 Å². The number of likely N-dealkylation sites (tertiary alicyclic amines) is 1. The molecule has 0 aliphatic carbocycles. The molecule has 0 saturated carbocycles. The molecule has 2 rings (SSSR count). The second-order valence-corrected chi connectivity index (χ2v) is 6.76. The van der Waals surface area contributed by atoms with Crippen molar-refractivity contribution < 1.29 is 15.0 Å². The predicted molar refractivity (Wildman–Crippen MR) is 87.6 cm³/mol. The highest BCUT2D eigenvalue weighted by Gasteiger charge is 2.27. The smallest absolute Gasteiger partial charge is 0.326 e. The van der Waals surface area contributed by atoms with E-state index in [1.807, 2.05) is 13.8 Å². The third-order valence-electron chi connectivity index (χ3n) is 4.63. The van der Waals surface area contributed by atoms with Gasteiger partial charge in [-0.25, -0.2) is 4.79 Å². The first-order valence-corrected chi connectivity index (χ1v) is 8.22. The lowest BCUT2D eigenvalue weighted by atomic mass is 10.0. The number of hydrogen-bond acceptors (Lipinski definition) is 4. The summed E-state index contributed by atoms with van der Waals surface area (Å²) in [7, 11) is 0. The van der Waals surface area contributed by atoms with Crippen LogP contribution in [-0.2, 0) is 11.3 Å². The molecule has 0 spiro atoms. The lowest BCUT2D eigenvalue weighted by Crippen LogP contribution is -2.38. The molecule has 1 aliphatic heterocycles. The molecule has 0 aromatic carbocycles. The molecular weight excluding hydrogens is 296 g/mol. The minimum absolute atomic E-state index is 0.160. The number of aromatic hydroxyl groups is 1. The van der Waals surface area contributed by atoms with Gasteiger partial charge in [0.1, 0.15) is 6.04 Å². The Bertz CT molecular complexity index is 624. The van der Waals surface area contributed by atoms with Gasteiger partial charge in [0.05, 0.1) is 6.20 Å². The first-order chi connectivity index (χ1) is 10.8. The monoisotopic (exact) mass is 322 g/mol. The number of carbonyl (C=O) groups is 1. The Morgan fingerprint density at radius 3 is 2.65 bits per heavy atom. The summed E-state index contributed by atoms with van der Waals surface area (Å²) in [5, 5.41) is 19.3. The molecule has 1 saturated heterocycles. The summed E-state index contributed by atoms with van der Waals surface area (Å²) in [5.41, 5.74) is 0.177. The molecule has 0 bridgehead atoms. The Hall–Kier alpha value is -1.82. The van der Waals surface area contributed by atoms with Gasteiger partial charge in [-0.2, -0.15) is 0 Å². The molecule has 6 nitrogen and oxygen atoms in total. The molecule has 2 heterocycles. The zero-order chi connectivity index (χ0) is 17.1. The second kappa shape index (κ2) is 7.17. The van der Waals surface area contributed by atoms with E-state index < -0.39 is 23.2 Å². The van der Waals surface area contributed by atoms with Crippen molar-refractivity contribution in [1.82, 2.24) is 9.47 Å². The van der Waals surface area contributed by atoms with Crippen LogP contribution >= 0.6 is 0 Å². The SMILES string of the molecule is CC(C)C(C(=O)O)n1cc(O)c(=O)cc1CN1CCCCC1C. The van der Waals surface area contributed by atoms with Crippen LogP contribution in [0.3, 0.4) is 0 Å². The predicted octanol–water partition coefficient (Wildman–Crippen LogP) is 2.21. The summed E-state index contributed by atoms with van der Waals surface area (Å²) in [5.74, 6) is -1.53. The standard InChI is InChI=1S/C17H26N2O4/c1-11(2)16(17(22)23)19-10-15(21)14(20)8-13(19)9-18-7-5-4-6-12(18)3/h8,10-12,16,21H,4-7,9H2,1-3H3,(H,22,23). The molecule has 1 aromatic heterocycles. The average molecular weight is 322 g/mol. The van der Waals surface area contributed by atoms with Crippen LogP contribution < -0.4 is 5.43 Å². The number of nitrogens with zero attached hydrogens (tertiary/aromatic N) is 2. The highest BCUT2D eigenvalue weighted by molar-refractivity contribution is 5.72. The van der Waals surface area contributed by atoms with E-state index in [9.17, 15) is 19.8 Å². The Kier molecular flexibility index (Phi) is 5.46. The molecule has 2 N–H and O–H groups in total. The Morgan fingerprint density at radius 1 is 1.39 bits per heavy atom. The summed E-state index contributed by atoms with van der Waals surface area (Å²) in [6.07, 6.45) is 4.68. The van der Waals surface area contributed by atoms with Gasteiger partial charge in [0.15, 0.2) is 5.75 Å². The normalized spacial score (nSPS) is 20.6. The van der Waals surface area contributed by atoms with Crippen molar-refractivity contribution in [2.24, 2.45) is 5.92 Å². The number of pyridine rings is 1. The fourth-order valence-electron chi connectivity index (χ4n) is 3.29. The highest BCUT2D eigenvalue weighted by atomic mass is 16.4. The number of carboxylic acid groups (broad SMARTS) is 1. The van der Waals surface area contributed by atoms with Crippen molar-refractivity contribution in [2.75, 3.05) is 6.54 Å². The maximum atomic E-state index is 11.8. The molecule has 2 atom stereocenters. The van der Waals surface area contributed by atoms with Gasteiger partial charge in [-0.1, -0.05) is 20.3 Å². The minimum Gasteiger partial charge on any atom is -0.503 e. The molecule has 1 aliphatic rings. The molecule has 23 heavy (non-hydrogen) atoms. The van der Waals surface area contributed by atoms with Gasteiger partial charge in [0.2, 0.25) is 5.43 Å². The lowest BCUT2D eigenvalue weighted by molar-refractivity contribution is -0.142. The Labute approximate surface area is 136 Å². The van der Waals surface area contributed by atoms with Crippen molar-refractivity contribution in [2.45, 2.75) is 58.7 Å². The van der Waals surface area contributed by atoms with E-state index in [1.54, 1.807) is 4.57 Å². The van der Waals surface area contributed by atoms with Gasteiger partial charge in [0, 0.05) is 24.3 Å². The maximum Gasteiger partial charge on any atom is 0.326 e. The van der Waals surface area contributed by atoms with Gasteiger partial charge in [-0.15, -0.1) is 0 Å². The van der Waals surface area contributed by atoms with E-state index in [2.05, 4.69) is 11.8 Å². The minimum atomic E-state index is -0.962. The van der Waals surface area contributed by atoms with Gasteiger partial charge in [-0.3, -0.25) is 9.69 Å². The third kappa shape index (κ3) is 3.93. The topological polar surface area (TPSA) is 82.8 Å². The van der Waals surface area contributed by atoms with E-state index in [1.165, 1.54) is 18.7 Å². The highest BCUT2D eigenvalue weighted by Crippen LogP contribution is 2.24. The number of carboxylic acids is 1.